The van der Waals surface area contributed by atoms with E-state index in [9.17, 15) is 24.3 Å². The molecule has 6 heterocycles. The third kappa shape index (κ3) is 7.85. The van der Waals surface area contributed by atoms with Crippen molar-refractivity contribution in [3.8, 4) is 17.0 Å². The number of nitrogen functional groups attached to an aromatic ring is 1. The zero-order valence-corrected chi connectivity index (χ0v) is 32.0. The Kier molecular flexibility index (Phi) is 10.8. The number of phenols is 1. The van der Waals surface area contributed by atoms with Crippen molar-refractivity contribution in [1.29, 1.82) is 0 Å². The number of aromatic nitrogens is 3. The molecule has 4 aliphatic rings. The van der Waals surface area contributed by atoms with Crippen molar-refractivity contribution in [2.24, 2.45) is 5.92 Å². The lowest BCUT2D eigenvalue weighted by Crippen LogP contribution is -2.55. The molecule has 8 rings (SSSR count). The molecule has 5 N–H and O–H groups in total. The molecular formula is C43H49N9O5. The second-order valence-electron chi connectivity index (χ2n) is 15.7. The average Bonchev–Trinajstić information content (AvgIpc) is 3.25. The number of aromatic hydroxyl groups is 1. The van der Waals surface area contributed by atoms with Gasteiger partial charge in [0.2, 0.25) is 23.6 Å². The van der Waals surface area contributed by atoms with Crippen molar-refractivity contribution in [3.63, 3.8) is 0 Å². The first-order chi connectivity index (χ1) is 27.7. The van der Waals surface area contributed by atoms with Crippen LogP contribution in [0.3, 0.4) is 0 Å². The minimum absolute atomic E-state index is 0.113. The predicted octanol–water partition coefficient (Wildman–Crippen LogP) is 4.23. The number of likely N-dealkylation sites (tertiary alicyclic amines) is 2. The number of piperidine rings is 4. The Hall–Kier alpha value is -6.05. The Bertz CT molecular complexity index is 2110. The number of hydrogen-bond acceptors (Lipinski definition) is 11. The van der Waals surface area contributed by atoms with E-state index in [4.69, 9.17) is 5.73 Å². The summed E-state index contributed by atoms with van der Waals surface area (Å²) in [4.78, 5) is 62.8. The molecule has 0 saturated carbocycles. The zero-order chi connectivity index (χ0) is 39.5. The molecule has 1 unspecified atom stereocenters. The number of benzene rings is 2. The first-order valence-electron chi connectivity index (χ1n) is 20.0. The van der Waals surface area contributed by atoms with Crippen LogP contribution in [0.25, 0.3) is 11.3 Å². The SMILES string of the molecule is Nc1nnc(-c2ccccc2O)cc1N1CCC(C(=O)N2CCC(C(=O)N3CCC(c4ccc(NC5CCC(=O)NC5=O)cn4)CC3)CC2)(c2ccccc2)CC1. The highest BCUT2D eigenvalue weighted by atomic mass is 16.3. The van der Waals surface area contributed by atoms with Gasteiger partial charge in [0.1, 0.15) is 11.8 Å². The third-order valence-corrected chi connectivity index (χ3v) is 12.4. The number of nitrogens with one attached hydrogen (secondary N) is 2. The zero-order valence-electron chi connectivity index (χ0n) is 32.0. The molecule has 0 spiro atoms. The number of carbonyl (C=O) groups is 4. The number of imide groups is 1. The maximum Gasteiger partial charge on any atom is 0.249 e. The van der Waals surface area contributed by atoms with Crippen molar-refractivity contribution in [2.45, 2.75) is 68.7 Å². The number of amides is 4. The predicted molar refractivity (Wildman–Crippen MR) is 215 cm³/mol. The molecule has 4 aromatic rings. The first-order valence-corrected chi connectivity index (χ1v) is 20.0. The van der Waals surface area contributed by atoms with Crippen LogP contribution in [0.4, 0.5) is 17.2 Å². The van der Waals surface area contributed by atoms with Gasteiger partial charge in [-0.1, -0.05) is 42.5 Å². The lowest BCUT2D eigenvalue weighted by atomic mass is 9.71. The Morgan fingerprint density at radius 3 is 2.21 bits per heavy atom. The van der Waals surface area contributed by atoms with Gasteiger partial charge >= 0.3 is 0 Å². The highest BCUT2D eigenvalue weighted by Gasteiger charge is 2.46. The van der Waals surface area contributed by atoms with Gasteiger partial charge in [-0.3, -0.25) is 29.5 Å². The molecular weight excluding hydrogens is 723 g/mol. The maximum absolute atomic E-state index is 14.7. The summed E-state index contributed by atoms with van der Waals surface area (Å²) in [7, 11) is 0. The number of carbonyl (C=O) groups excluding carboxylic acids is 4. The highest BCUT2D eigenvalue weighted by molar-refractivity contribution is 6.01. The monoisotopic (exact) mass is 771 g/mol. The topological polar surface area (TPSA) is 187 Å². The van der Waals surface area contributed by atoms with E-state index in [1.54, 1.807) is 24.4 Å². The van der Waals surface area contributed by atoms with Crippen molar-refractivity contribution in [2.75, 3.05) is 55.2 Å². The maximum atomic E-state index is 14.7. The normalized spacial score (nSPS) is 20.6. The van der Waals surface area contributed by atoms with Gasteiger partial charge < -0.3 is 30.9 Å². The number of rotatable bonds is 8. The van der Waals surface area contributed by atoms with E-state index >= 15 is 0 Å². The number of nitrogens with zero attached hydrogens (tertiary/aromatic N) is 6. The molecule has 1 atom stereocenters. The molecule has 14 nitrogen and oxygen atoms in total. The Balaban J connectivity index is 0.862. The third-order valence-electron chi connectivity index (χ3n) is 12.4. The van der Waals surface area contributed by atoms with Gasteiger partial charge in [-0.2, -0.15) is 0 Å². The van der Waals surface area contributed by atoms with Gasteiger partial charge in [0.25, 0.3) is 0 Å². The summed E-state index contributed by atoms with van der Waals surface area (Å²) in [5, 5.41) is 24.4. The number of phenolic OH excluding ortho intramolecular Hbond substituents is 1. The average molecular weight is 772 g/mol. The van der Waals surface area contributed by atoms with Crippen LogP contribution in [0.15, 0.2) is 79.0 Å². The molecule has 0 bridgehead atoms. The van der Waals surface area contributed by atoms with Gasteiger partial charge in [0.05, 0.1) is 28.7 Å². The van der Waals surface area contributed by atoms with Crippen LogP contribution < -0.4 is 21.3 Å². The summed E-state index contributed by atoms with van der Waals surface area (Å²) >= 11 is 0. The summed E-state index contributed by atoms with van der Waals surface area (Å²) in [6.45, 7) is 3.58. The van der Waals surface area contributed by atoms with E-state index in [0.29, 0.717) is 94.9 Å². The number of nitrogens with two attached hydrogens (primary N) is 1. The van der Waals surface area contributed by atoms with E-state index in [-0.39, 0.29) is 41.2 Å². The molecule has 57 heavy (non-hydrogen) atoms. The standard InChI is InChI=1S/C43H49N9O5/c44-39-36(26-35(48-49-39)32-8-4-5-9-37(32)53)50-24-18-43(19-25-50,30-6-2-1-3-7-30)42(57)52-22-16-29(17-23-52)41(56)51-20-14-28(15-21-51)33-11-10-31(27-45-33)46-34-12-13-38(54)47-40(34)55/h1-11,26-29,34,46,53H,12-25H2,(H2,44,49)(H,47,54,55). The molecule has 14 heteroatoms. The quantitative estimate of drug-likeness (QED) is 0.188. The van der Waals surface area contributed by atoms with Gasteiger partial charge in [-0.05, 0) is 80.8 Å². The van der Waals surface area contributed by atoms with E-state index in [1.165, 1.54) is 0 Å². The molecule has 4 fully saturated rings. The van der Waals surface area contributed by atoms with E-state index < -0.39 is 11.5 Å². The van der Waals surface area contributed by atoms with Crippen LogP contribution in [0.5, 0.6) is 5.75 Å². The van der Waals surface area contributed by atoms with Gasteiger partial charge in [-0.25, -0.2) is 0 Å². The summed E-state index contributed by atoms with van der Waals surface area (Å²) in [5.74, 6) is 0.273. The molecule has 4 amide bonds. The number of anilines is 3. The van der Waals surface area contributed by atoms with Crippen molar-refractivity contribution in [1.82, 2.24) is 30.3 Å². The van der Waals surface area contributed by atoms with Crippen LogP contribution in [-0.2, 0) is 24.6 Å². The molecule has 0 radical (unpaired) electrons. The van der Waals surface area contributed by atoms with Gasteiger partial charge in [-0.15, -0.1) is 10.2 Å². The van der Waals surface area contributed by atoms with Gasteiger partial charge in [0, 0.05) is 68.8 Å². The van der Waals surface area contributed by atoms with E-state index in [1.807, 2.05) is 64.4 Å². The largest absolute Gasteiger partial charge is 0.507 e. The van der Waals surface area contributed by atoms with Crippen LogP contribution in [-0.4, -0.2) is 99.0 Å². The van der Waals surface area contributed by atoms with Crippen molar-refractivity contribution < 1.29 is 24.3 Å². The minimum Gasteiger partial charge on any atom is -0.507 e. The van der Waals surface area contributed by atoms with Gasteiger partial charge in [0.15, 0.2) is 5.82 Å². The smallest absolute Gasteiger partial charge is 0.249 e. The fourth-order valence-electron chi connectivity index (χ4n) is 9.03. The lowest BCUT2D eigenvalue weighted by Gasteiger charge is -2.45. The second-order valence-corrected chi connectivity index (χ2v) is 15.7. The fraction of sp³-hybridized carbons (Fsp3) is 0.419. The van der Waals surface area contributed by atoms with E-state index in [0.717, 1.165) is 35.5 Å². The lowest BCUT2D eigenvalue weighted by molar-refractivity contribution is -0.144. The van der Waals surface area contributed by atoms with Crippen LogP contribution in [0.2, 0.25) is 0 Å². The molecule has 2 aromatic heterocycles. The Morgan fingerprint density at radius 1 is 0.825 bits per heavy atom. The number of pyridine rings is 1. The molecule has 4 saturated heterocycles. The van der Waals surface area contributed by atoms with Crippen LogP contribution >= 0.6 is 0 Å². The number of para-hydroxylation sites is 1. The highest BCUT2D eigenvalue weighted by Crippen LogP contribution is 2.41. The summed E-state index contributed by atoms with van der Waals surface area (Å²) in [5.41, 5.74) is 10.2. The minimum atomic E-state index is -0.709. The van der Waals surface area contributed by atoms with E-state index in [2.05, 4.69) is 30.7 Å². The molecule has 0 aliphatic carbocycles. The summed E-state index contributed by atoms with van der Waals surface area (Å²) in [6.07, 6.45) is 6.60. The van der Waals surface area contributed by atoms with Crippen molar-refractivity contribution >= 4 is 40.8 Å². The molecule has 2 aromatic carbocycles. The molecule has 4 aliphatic heterocycles. The number of hydrogen-bond donors (Lipinski definition) is 4. The summed E-state index contributed by atoms with van der Waals surface area (Å²) in [6, 6.07) is 22.4. The Morgan fingerprint density at radius 2 is 1.53 bits per heavy atom. The van der Waals surface area contributed by atoms with Crippen LogP contribution in [0, 0.1) is 5.92 Å². The summed E-state index contributed by atoms with van der Waals surface area (Å²) < 4.78 is 0. The second kappa shape index (κ2) is 16.2. The fourth-order valence-corrected chi connectivity index (χ4v) is 9.03. The van der Waals surface area contributed by atoms with Crippen LogP contribution in [0.1, 0.15) is 68.5 Å². The Labute approximate surface area is 331 Å². The first kappa shape index (κ1) is 37.9. The van der Waals surface area contributed by atoms with Crippen molar-refractivity contribution in [3.05, 3.63) is 90.3 Å². The molecule has 296 valence electrons.